The van der Waals surface area contributed by atoms with Crippen LogP contribution in [0.15, 0.2) is 0 Å². The number of nitrogens with zero attached hydrogens (tertiary/aromatic N) is 2. The van der Waals surface area contributed by atoms with E-state index in [9.17, 15) is 0 Å². The normalized spacial score (nSPS) is 11.1. The van der Waals surface area contributed by atoms with Crippen molar-refractivity contribution in [1.82, 2.24) is 9.26 Å². The summed E-state index contributed by atoms with van der Waals surface area (Å²) in [5.41, 5.74) is 0. The second-order valence-corrected chi connectivity index (χ2v) is 1.27. The second-order valence-electron chi connectivity index (χ2n) is 0.587. The van der Waals surface area contributed by atoms with Crippen molar-refractivity contribution in [2.45, 2.75) is 0 Å². The van der Waals surface area contributed by atoms with Gasteiger partial charge >= 0.3 is 0 Å². The van der Waals surface area contributed by atoms with Crippen LogP contribution in [0, 0.1) is 0 Å². The Labute approximate surface area is 51.0 Å². The molecule has 0 aromatic carbocycles. The maximum absolute atomic E-state index is 7.95. The van der Waals surface area contributed by atoms with Crippen LogP contribution in [0.3, 0.4) is 0 Å². The summed E-state index contributed by atoms with van der Waals surface area (Å²) in [5, 5.41) is 15.9. The first kappa shape index (κ1) is 7.50. The minimum absolute atomic E-state index is 0.00694. The molecule has 0 aromatic heterocycles. The van der Waals surface area contributed by atoms with Crippen molar-refractivity contribution in [2.24, 2.45) is 0 Å². The molecule has 0 aliphatic rings. The third kappa shape index (κ3) is 6.50. The summed E-state index contributed by atoms with van der Waals surface area (Å²) >= 11 is 6.31. The summed E-state index contributed by atoms with van der Waals surface area (Å²) in [6, 6.07) is 0. The Morgan fingerprint density at radius 3 is 1.43 bits per heavy atom. The largest absolute Gasteiger partial charge is 0.279 e. The van der Waals surface area contributed by atoms with Gasteiger partial charge in [0.1, 0.15) is 0 Å². The van der Waals surface area contributed by atoms with Gasteiger partial charge in [0.2, 0.25) is 0 Å². The lowest BCUT2D eigenvalue weighted by molar-refractivity contribution is -0.418. The van der Waals surface area contributed by atoms with Gasteiger partial charge in [0, 0.05) is 9.26 Å². The fraction of sp³-hybridized carbons (Fsp3) is 0. The van der Waals surface area contributed by atoms with Crippen LogP contribution >= 0.6 is 25.6 Å². The molecule has 7 heavy (non-hydrogen) atoms. The molecule has 0 bridgehead atoms. The van der Waals surface area contributed by atoms with Crippen LogP contribution in [-0.2, 0) is 4.94 Å². The monoisotopic (exact) mass is 144 g/mol. The van der Waals surface area contributed by atoms with Gasteiger partial charge in [-0.15, -0.1) is 4.94 Å². The molecular formula is H4N2O3S2. The highest BCUT2D eigenvalue weighted by molar-refractivity contribution is 7.77. The molecule has 7 heteroatoms. The molecule has 0 spiro atoms. The van der Waals surface area contributed by atoms with Crippen molar-refractivity contribution in [3.63, 3.8) is 0 Å². The summed E-state index contributed by atoms with van der Waals surface area (Å²) in [6.45, 7) is 0. The van der Waals surface area contributed by atoms with Gasteiger partial charge in [-0.05, 0) is 25.6 Å². The Morgan fingerprint density at radius 1 is 1.14 bits per heavy atom. The van der Waals surface area contributed by atoms with Gasteiger partial charge in [0.25, 0.3) is 0 Å². The van der Waals surface area contributed by atoms with Crippen molar-refractivity contribution in [1.29, 1.82) is 0 Å². The van der Waals surface area contributed by atoms with Crippen LogP contribution in [-0.4, -0.2) is 19.7 Å². The Kier molecular flexibility index (Phi) is 3.75. The molecular weight excluding hydrogens is 140 g/mol. The number of hydrogen-bond donors (Lipinski definition) is 4. The van der Waals surface area contributed by atoms with E-state index in [2.05, 4.69) is 30.6 Å². The molecule has 0 atom stereocenters. The molecule has 0 unspecified atom stereocenters. The van der Waals surface area contributed by atoms with Crippen molar-refractivity contribution in [3.8, 4) is 0 Å². The van der Waals surface area contributed by atoms with Gasteiger partial charge in [-0.25, -0.2) is 0 Å². The molecule has 0 amide bonds. The van der Waals surface area contributed by atoms with Crippen LogP contribution in [0.5, 0.6) is 0 Å². The summed E-state index contributed by atoms with van der Waals surface area (Å²) < 4.78 is -0.0139. The highest BCUT2D eigenvalue weighted by Crippen LogP contribution is 1.93. The maximum atomic E-state index is 7.95. The zero-order chi connectivity index (χ0) is 5.86. The molecule has 0 heterocycles. The highest BCUT2D eigenvalue weighted by atomic mass is 32.1. The van der Waals surface area contributed by atoms with Crippen molar-refractivity contribution in [2.75, 3.05) is 0 Å². The first-order valence-corrected chi connectivity index (χ1v) is 1.97. The molecule has 0 saturated heterocycles. The quantitative estimate of drug-likeness (QED) is 0.322. The maximum Gasteiger partial charge on any atom is 0.0137 e. The minimum atomic E-state index is -0.00694. The van der Waals surface area contributed by atoms with Gasteiger partial charge in [0.05, 0.1) is 0 Å². The van der Waals surface area contributed by atoms with E-state index in [0.29, 0.717) is 0 Å². The van der Waals surface area contributed by atoms with Crippen LogP contribution < -0.4 is 0 Å². The molecule has 5 nitrogen and oxygen atoms in total. The van der Waals surface area contributed by atoms with Crippen molar-refractivity contribution in [3.05, 3.63) is 0 Å². The number of thiol groups is 2. The lowest BCUT2D eigenvalue weighted by Crippen LogP contribution is -2.16. The van der Waals surface area contributed by atoms with Crippen LogP contribution in [0.25, 0.3) is 0 Å². The average molecular weight is 144 g/mol. The lowest BCUT2D eigenvalue weighted by Gasteiger charge is -2.07. The second kappa shape index (κ2) is 3.50. The smallest absolute Gasteiger partial charge is 0.0137 e. The van der Waals surface area contributed by atoms with E-state index in [1.165, 1.54) is 0 Å². The Bertz CT molecular complexity index is 40.2. The molecule has 0 aliphatic carbocycles. The first-order valence-electron chi connectivity index (χ1n) is 1.17. The van der Waals surface area contributed by atoms with E-state index in [1.807, 2.05) is 0 Å². The van der Waals surface area contributed by atoms with Crippen molar-refractivity contribution >= 4 is 25.6 Å². The highest BCUT2D eigenvalue weighted by Gasteiger charge is 1.94. The van der Waals surface area contributed by atoms with Gasteiger partial charge in [-0.1, -0.05) is 0 Å². The molecule has 0 rings (SSSR count). The summed E-state index contributed by atoms with van der Waals surface area (Å²) in [4.78, 5) is 3.76. The predicted molar refractivity (Wildman–Crippen MR) is 26.3 cm³/mol. The van der Waals surface area contributed by atoms with Gasteiger partial charge < -0.3 is 0 Å². The van der Waals surface area contributed by atoms with E-state index in [1.54, 1.807) is 0 Å². The number of rotatable bonds is 2. The minimum Gasteiger partial charge on any atom is -0.279 e. The van der Waals surface area contributed by atoms with Crippen LogP contribution in [0.1, 0.15) is 0 Å². The van der Waals surface area contributed by atoms with Crippen LogP contribution in [0.4, 0.5) is 0 Å². The molecule has 0 fully saturated rings. The van der Waals surface area contributed by atoms with E-state index in [4.69, 9.17) is 10.4 Å². The predicted octanol–water partition coefficient (Wildman–Crippen LogP) is -0.0950. The SMILES string of the molecule is ON(S)ON(O)S. The average Bonchev–Trinajstić information content (AvgIpc) is 1.27. The third-order valence-electron chi connectivity index (χ3n) is 0.146. The van der Waals surface area contributed by atoms with E-state index < -0.39 is 0 Å². The summed E-state index contributed by atoms with van der Waals surface area (Å²) in [7, 11) is 0. The van der Waals surface area contributed by atoms with Gasteiger partial charge in [0.15, 0.2) is 0 Å². The fourth-order valence-corrected chi connectivity index (χ4v) is 0.261. The lowest BCUT2D eigenvalue weighted by atomic mass is 13.0. The van der Waals surface area contributed by atoms with Gasteiger partial charge in [-0.2, -0.15) is 0 Å². The van der Waals surface area contributed by atoms with E-state index in [0.717, 1.165) is 0 Å². The Balaban J connectivity index is 2.95. The molecule has 2 N–H and O–H groups in total. The van der Waals surface area contributed by atoms with E-state index >= 15 is 0 Å². The number of hydrogen-bond acceptors (Lipinski definition) is 7. The van der Waals surface area contributed by atoms with Gasteiger partial charge in [-0.3, -0.25) is 10.4 Å². The third-order valence-corrected chi connectivity index (χ3v) is 0.292. The Hall–Kier alpha value is 0.500. The standard InChI is InChI=1S/H4N2O3S2/c3-1(6)5-2(4)7/h3-4,6-7H. The topological polar surface area (TPSA) is 56.2 Å². The summed E-state index contributed by atoms with van der Waals surface area (Å²) in [6.07, 6.45) is 0. The van der Waals surface area contributed by atoms with Crippen molar-refractivity contribution < 1.29 is 15.4 Å². The molecule has 0 saturated carbocycles. The van der Waals surface area contributed by atoms with E-state index in [-0.39, 0.29) is 9.26 Å². The van der Waals surface area contributed by atoms with Crippen LogP contribution in [0.2, 0.25) is 0 Å². The molecule has 0 aliphatic heterocycles. The zero-order valence-corrected chi connectivity index (χ0v) is 4.88. The fourth-order valence-electron chi connectivity index (χ4n) is 0.0653. The Morgan fingerprint density at radius 2 is 1.43 bits per heavy atom. The first-order chi connectivity index (χ1) is 3.13. The molecule has 44 valence electrons. The zero-order valence-electron chi connectivity index (χ0n) is 3.09. The summed E-state index contributed by atoms with van der Waals surface area (Å²) in [5.74, 6) is 0. The molecule has 0 aromatic rings. The molecule has 0 radical (unpaired) electrons.